The average molecular weight is 420 g/mol. The molecule has 126 valence electrons. The fourth-order valence-electron chi connectivity index (χ4n) is 2.76. The Morgan fingerprint density at radius 2 is 2.12 bits per heavy atom. The fourth-order valence-corrected chi connectivity index (χ4v) is 3.50. The van der Waals surface area contributed by atoms with Gasteiger partial charge in [-0.3, -0.25) is 4.68 Å². The molecule has 2 heterocycles. The Morgan fingerprint density at radius 3 is 2.62 bits per heavy atom. The number of nitrogens with zero attached hydrogens (tertiary/aromatic N) is 4. The van der Waals surface area contributed by atoms with E-state index in [0.717, 1.165) is 0 Å². The molecule has 0 unspecified atom stereocenters. The number of nitriles is 1. The number of aryl methyl sites for hydroxylation is 1. The van der Waals surface area contributed by atoms with Gasteiger partial charge in [-0.25, -0.2) is 13.2 Å². The lowest BCUT2D eigenvalue weighted by Crippen LogP contribution is -2.50. The lowest BCUT2D eigenvalue weighted by atomic mass is 9.95. The maximum absolute atomic E-state index is 14.7. The van der Waals surface area contributed by atoms with E-state index in [0.29, 0.717) is 15.9 Å². The summed E-state index contributed by atoms with van der Waals surface area (Å²) in [5, 5.41) is 13.4. The molecule has 0 N–H and O–H groups in total. The quantitative estimate of drug-likeness (QED) is 0.748. The first-order valence-electron chi connectivity index (χ1n) is 6.98. The van der Waals surface area contributed by atoms with E-state index >= 15 is 0 Å². The smallest absolute Gasteiger partial charge is 0.244 e. The molecule has 1 aromatic carbocycles. The predicted octanol–water partition coefficient (Wildman–Crippen LogP) is 4.22. The van der Waals surface area contributed by atoms with E-state index in [1.54, 1.807) is 11.9 Å². The van der Waals surface area contributed by atoms with E-state index in [1.807, 2.05) is 6.07 Å². The van der Waals surface area contributed by atoms with Crippen molar-refractivity contribution in [3.8, 4) is 17.3 Å². The Labute approximate surface area is 149 Å². The summed E-state index contributed by atoms with van der Waals surface area (Å²) in [6, 6.07) is 3.29. The van der Waals surface area contributed by atoms with Crippen molar-refractivity contribution in [2.24, 2.45) is 13.0 Å². The van der Waals surface area contributed by atoms with Gasteiger partial charge in [-0.05, 0) is 22.0 Å². The molecule has 3 rings (SSSR count). The van der Waals surface area contributed by atoms with Crippen molar-refractivity contribution in [1.29, 1.82) is 5.26 Å². The van der Waals surface area contributed by atoms with Crippen molar-refractivity contribution in [3.63, 3.8) is 0 Å². The molecule has 1 saturated heterocycles. The number of aromatic nitrogens is 2. The van der Waals surface area contributed by atoms with Gasteiger partial charge in [-0.1, -0.05) is 11.6 Å². The van der Waals surface area contributed by atoms with Crippen LogP contribution in [0.1, 0.15) is 5.56 Å². The zero-order valence-corrected chi connectivity index (χ0v) is 14.7. The predicted molar refractivity (Wildman–Crippen MR) is 87.7 cm³/mol. The van der Waals surface area contributed by atoms with Gasteiger partial charge in [0, 0.05) is 20.1 Å². The van der Waals surface area contributed by atoms with Gasteiger partial charge in [0.2, 0.25) is 6.43 Å². The highest BCUT2D eigenvalue weighted by Gasteiger charge is 2.36. The van der Waals surface area contributed by atoms with Gasteiger partial charge < -0.3 is 4.90 Å². The largest absolute Gasteiger partial charge is 0.369 e. The molecule has 0 bridgehead atoms. The summed E-state index contributed by atoms with van der Waals surface area (Å²) in [5.41, 5.74) is 0.768. The average Bonchev–Trinajstić information content (AvgIpc) is 2.79. The number of hydrogen-bond acceptors (Lipinski definition) is 3. The van der Waals surface area contributed by atoms with Crippen molar-refractivity contribution in [3.05, 3.63) is 33.1 Å². The summed E-state index contributed by atoms with van der Waals surface area (Å²) in [4.78, 5) is 1.61. The van der Waals surface area contributed by atoms with Crippen LogP contribution in [0.3, 0.4) is 0 Å². The molecular formula is C15H11BrClF3N4. The summed E-state index contributed by atoms with van der Waals surface area (Å²) in [6.45, 7) is 0.195. The first-order chi connectivity index (χ1) is 11.3. The zero-order chi connectivity index (χ0) is 17.6. The third-order valence-corrected chi connectivity index (χ3v) is 4.90. The van der Waals surface area contributed by atoms with E-state index in [9.17, 15) is 18.4 Å². The first kappa shape index (κ1) is 17.1. The number of anilines is 1. The minimum Gasteiger partial charge on any atom is -0.369 e. The van der Waals surface area contributed by atoms with E-state index in [2.05, 4.69) is 21.0 Å². The van der Waals surface area contributed by atoms with Crippen LogP contribution in [-0.2, 0) is 7.05 Å². The third-order valence-electron chi connectivity index (χ3n) is 4.05. The van der Waals surface area contributed by atoms with Crippen LogP contribution in [0.2, 0.25) is 5.02 Å². The standard InChI is InChI=1S/C15H11BrClF3N4/c1-23-14(9(16)4-22-23)12-8(3-21)11(2-10(17)13(12)18)24-5-7(6-24)15(19)20/h2,4,7,15H,5-6H2,1H3. The molecule has 9 heteroatoms. The van der Waals surface area contributed by atoms with Crippen molar-refractivity contribution in [2.45, 2.75) is 6.43 Å². The molecule has 4 nitrogen and oxygen atoms in total. The Balaban J connectivity index is 2.15. The van der Waals surface area contributed by atoms with Gasteiger partial charge in [-0.2, -0.15) is 10.4 Å². The van der Waals surface area contributed by atoms with Crippen LogP contribution < -0.4 is 4.90 Å². The Kier molecular flexibility index (Phi) is 4.49. The van der Waals surface area contributed by atoms with Crippen LogP contribution in [0, 0.1) is 23.1 Å². The maximum atomic E-state index is 14.7. The first-order valence-corrected chi connectivity index (χ1v) is 8.15. The topological polar surface area (TPSA) is 44.9 Å². The van der Waals surface area contributed by atoms with Crippen LogP contribution in [0.15, 0.2) is 16.7 Å². The van der Waals surface area contributed by atoms with Gasteiger partial charge in [0.15, 0.2) is 5.82 Å². The van der Waals surface area contributed by atoms with Gasteiger partial charge >= 0.3 is 0 Å². The van der Waals surface area contributed by atoms with Crippen molar-refractivity contribution in [2.75, 3.05) is 18.0 Å². The van der Waals surface area contributed by atoms with Gasteiger partial charge in [0.05, 0.1) is 44.1 Å². The molecule has 1 aliphatic rings. The minimum absolute atomic E-state index is 0.00683. The molecule has 1 fully saturated rings. The molecule has 0 atom stereocenters. The molecule has 0 spiro atoms. The second-order valence-electron chi connectivity index (χ2n) is 5.52. The highest BCUT2D eigenvalue weighted by Crippen LogP contribution is 2.42. The summed E-state index contributed by atoms with van der Waals surface area (Å²) >= 11 is 9.27. The third kappa shape index (κ3) is 2.66. The summed E-state index contributed by atoms with van der Waals surface area (Å²) in [7, 11) is 1.61. The van der Waals surface area contributed by atoms with Crippen LogP contribution in [-0.4, -0.2) is 29.3 Å². The molecule has 0 amide bonds. The monoisotopic (exact) mass is 418 g/mol. The summed E-state index contributed by atoms with van der Waals surface area (Å²) in [5.74, 6) is -1.50. The van der Waals surface area contributed by atoms with E-state index in [1.165, 1.54) is 16.9 Å². The molecule has 1 aliphatic heterocycles. The zero-order valence-electron chi connectivity index (χ0n) is 12.4. The molecule has 1 aromatic heterocycles. The Morgan fingerprint density at radius 1 is 1.46 bits per heavy atom. The molecule has 0 aliphatic carbocycles. The molecule has 0 saturated carbocycles. The molecule has 0 radical (unpaired) electrons. The van der Waals surface area contributed by atoms with Crippen molar-refractivity contribution >= 4 is 33.2 Å². The Bertz CT molecular complexity index is 821. The minimum atomic E-state index is -2.42. The molecule has 24 heavy (non-hydrogen) atoms. The number of rotatable bonds is 3. The van der Waals surface area contributed by atoms with Crippen LogP contribution in [0.25, 0.3) is 11.3 Å². The SMILES string of the molecule is Cn1ncc(Br)c1-c1c(F)c(Cl)cc(N2CC(C(F)F)C2)c1C#N. The van der Waals surface area contributed by atoms with E-state index in [4.69, 9.17) is 11.6 Å². The number of benzene rings is 1. The fraction of sp³-hybridized carbons (Fsp3) is 0.333. The lowest BCUT2D eigenvalue weighted by Gasteiger charge is -2.41. The van der Waals surface area contributed by atoms with Gasteiger partial charge in [0.25, 0.3) is 0 Å². The van der Waals surface area contributed by atoms with Gasteiger partial charge in [-0.15, -0.1) is 0 Å². The van der Waals surface area contributed by atoms with Crippen molar-refractivity contribution < 1.29 is 13.2 Å². The van der Waals surface area contributed by atoms with Gasteiger partial charge in [0.1, 0.15) is 6.07 Å². The number of alkyl halides is 2. The van der Waals surface area contributed by atoms with E-state index < -0.39 is 18.2 Å². The summed E-state index contributed by atoms with van der Waals surface area (Å²) < 4.78 is 42.0. The molecular weight excluding hydrogens is 409 g/mol. The highest BCUT2D eigenvalue weighted by molar-refractivity contribution is 9.10. The summed E-state index contributed by atoms with van der Waals surface area (Å²) in [6.07, 6.45) is -0.944. The second-order valence-corrected chi connectivity index (χ2v) is 6.78. The second kappa shape index (κ2) is 6.30. The lowest BCUT2D eigenvalue weighted by molar-refractivity contribution is 0.0614. The number of halogens is 5. The Hall–Kier alpha value is -1.72. The van der Waals surface area contributed by atoms with Crippen LogP contribution in [0.4, 0.5) is 18.9 Å². The number of hydrogen-bond donors (Lipinski definition) is 0. The van der Waals surface area contributed by atoms with E-state index in [-0.39, 0.29) is 29.2 Å². The van der Waals surface area contributed by atoms with Crippen LogP contribution >= 0.6 is 27.5 Å². The van der Waals surface area contributed by atoms with Crippen LogP contribution in [0.5, 0.6) is 0 Å². The normalized spacial score (nSPS) is 14.8. The molecule has 2 aromatic rings. The van der Waals surface area contributed by atoms with Crippen molar-refractivity contribution in [1.82, 2.24) is 9.78 Å². The maximum Gasteiger partial charge on any atom is 0.244 e. The highest BCUT2D eigenvalue weighted by atomic mass is 79.9.